The van der Waals surface area contributed by atoms with E-state index in [1.165, 1.54) is 21.7 Å². The fourth-order valence-corrected chi connectivity index (χ4v) is 5.14. The van der Waals surface area contributed by atoms with E-state index < -0.39 is 0 Å². The molecule has 0 atom stereocenters. The van der Waals surface area contributed by atoms with Gasteiger partial charge < -0.3 is 9.67 Å². The van der Waals surface area contributed by atoms with Crippen LogP contribution in [-0.2, 0) is 0 Å². The Hall–Kier alpha value is -4.57. The average Bonchev–Trinajstić information content (AvgIpc) is 3.37. The lowest BCUT2D eigenvalue weighted by atomic mass is 10.1. The molecule has 3 heterocycles. The molecule has 4 nitrogen and oxygen atoms in total. The van der Waals surface area contributed by atoms with Crippen LogP contribution in [0.4, 0.5) is 0 Å². The molecule has 1 N–H and O–H groups in total. The molecule has 0 radical (unpaired) electrons. The first-order chi connectivity index (χ1) is 16.3. The van der Waals surface area contributed by atoms with Crippen LogP contribution in [0.15, 0.2) is 109 Å². The summed E-state index contributed by atoms with van der Waals surface area (Å²) >= 11 is 0. The molecule has 7 aromatic rings. The third-order valence-electron chi connectivity index (χ3n) is 6.44. The summed E-state index contributed by atoms with van der Waals surface area (Å²) < 4.78 is 4.47. The van der Waals surface area contributed by atoms with Gasteiger partial charge in [0.15, 0.2) is 0 Å². The maximum Gasteiger partial charge on any atom is 0.137 e. The number of pyridine rings is 1. The van der Waals surface area contributed by atoms with E-state index in [4.69, 9.17) is 0 Å². The lowest BCUT2D eigenvalue weighted by Gasteiger charge is -2.08. The molecule has 4 heteroatoms. The number of hydrogen-bond acceptors (Lipinski definition) is 2. The minimum absolute atomic E-state index is 0.241. The molecule has 0 aliphatic rings. The zero-order valence-corrected chi connectivity index (χ0v) is 17.7. The van der Waals surface area contributed by atoms with Gasteiger partial charge in [0.05, 0.1) is 22.1 Å². The predicted molar refractivity (Wildman–Crippen MR) is 135 cm³/mol. The Balaban J connectivity index is 1.74. The van der Waals surface area contributed by atoms with E-state index in [1.54, 1.807) is 12.3 Å². The van der Waals surface area contributed by atoms with Crippen molar-refractivity contribution in [2.75, 3.05) is 0 Å². The molecule has 0 saturated carbocycles. The molecule has 7 rings (SSSR count). The Morgan fingerprint density at radius 2 is 1.24 bits per heavy atom. The minimum atomic E-state index is 0.241. The second-order valence-electron chi connectivity index (χ2n) is 8.27. The van der Waals surface area contributed by atoms with Crippen LogP contribution in [0.5, 0.6) is 5.75 Å². The lowest BCUT2D eigenvalue weighted by molar-refractivity contribution is 0.476. The molecular weight excluding hydrogens is 406 g/mol. The smallest absolute Gasteiger partial charge is 0.137 e. The van der Waals surface area contributed by atoms with Crippen LogP contribution in [0.25, 0.3) is 55.1 Å². The quantitative estimate of drug-likeness (QED) is 0.325. The molecule has 0 spiro atoms. The average molecular weight is 425 g/mol. The standard InChI is InChI=1S/C29H19N3O/c33-20-13-14-22-26(18-20)32(27-12-6-7-17-30-27)25-16-15-24-28(29(22)25)21-10-4-5-11-23(21)31(24)19-8-2-1-3-9-19/h1-18,33H. The van der Waals surface area contributed by atoms with Crippen LogP contribution in [0.2, 0.25) is 0 Å². The van der Waals surface area contributed by atoms with E-state index in [-0.39, 0.29) is 5.75 Å². The second-order valence-corrected chi connectivity index (χ2v) is 8.27. The summed E-state index contributed by atoms with van der Waals surface area (Å²) in [6.07, 6.45) is 1.80. The highest BCUT2D eigenvalue weighted by molar-refractivity contribution is 6.28. The number of phenols is 1. The Morgan fingerprint density at radius 3 is 2.03 bits per heavy atom. The number of rotatable bonds is 2. The van der Waals surface area contributed by atoms with Crippen LogP contribution in [0.1, 0.15) is 0 Å². The molecule has 4 aromatic carbocycles. The lowest BCUT2D eigenvalue weighted by Crippen LogP contribution is -1.96. The monoisotopic (exact) mass is 425 g/mol. The van der Waals surface area contributed by atoms with Crippen LogP contribution in [-0.4, -0.2) is 19.2 Å². The number of benzene rings is 4. The van der Waals surface area contributed by atoms with Gasteiger partial charge in [0.1, 0.15) is 11.6 Å². The Kier molecular flexibility index (Phi) is 3.67. The first-order valence-corrected chi connectivity index (χ1v) is 11.0. The summed E-state index contributed by atoms with van der Waals surface area (Å²) in [5.74, 6) is 1.07. The SMILES string of the molecule is Oc1ccc2c3c4c5ccccc5n(-c5ccccc5)c4ccc3n(-c3ccccn3)c2c1. The van der Waals surface area contributed by atoms with Gasteiger partial charge in [-0.05, 0) is 54.6 Å². The number of phenolic OH excluding ortho intramolecular Hbond substituents is 1. The van der Waals surface area contributed by atoms with Crippen molar-refractivity contribution in [3.05, 3.63) is 109 Å². The van der Waals surface area contributed by atoms with E-state index in [1.807, 2.05) is 36.4 Å². The molecule has 0 aliphatic heterocycles. The highest BCUT2D eigenvalue weighted by Gasteiger charge is 2.20. The summed E-state index contributed by atoms with van der Waals surface area (Å²) in [5.41, 5.74) is 5.46. The molecule has 33 heavy (non-hydrogen) atoms. The zero-order chi connectivity index (χ0) is 21.9. The predicted octanol–water partition coefficient (Wildman–Crippen LogP) is 6.98. The number of nitrogens with zero attached hydrogens (tertiary/aromatic N) is 3. The number of fused-ring (bicyclic) bond motifs is 7. The van der Waals surface area contributed by atoms with Gasteiger partial charge in [-0.3, -0.25) is 4.57 Å². The van der Waals surface area contributed by atoms with Gasteiger partial charge in [-0.2, -0.15) is 0 Å². The number of aromatic hydroxyl groups is 1. The normalized spacial score (nSPS) is 11.8. The van der Waals surface area contributed by atoms with E-state index in [0.29, 0.717) is 0 Å². The van der Waals surface area contributed by atoms with Gasteiger partial charge in [-0.25, -0.2) is 4.98 Å². The van der Waals surface area contributed by atoms with Crippen molar-refractivity contribution >= 4 is 43.6 Å². The van der Waals surface area contributed by atoms with Gasteiger partial charge in [-0.1, -0.05) is 42.5 Å². The zero-order valence-electron chi connectivity index (χ0n) is 17.7. The summed E-state index contributed by atoms with van der Waals surface area (Å²) in [6.45, 7) is 0. The number of para-hydroxylation sites is 2. The minimum Gasteiger partial charge on any atom is -0.508 e. The summed E-state index contributed by atoms with van der Waals surface area (Å²) in [5, 5.41) is 15.0. The number of aromatic nitrogens is 3. The maximum atomic E-state index is 10.3. The largest absolute Gasteiger partial charge is 0.508 e. The molecule has 0 saturated heterocycles. The molecule has 156 valence electrons. The highest BCUT2D eigenvalue weighted by Crippen LogP contribution is 2.42. The number of hydrogen-bond donors (Lipinski definition) is 1. The maximum absolute atomic E-state index is 10.3. The van der Waals surface area contributed by atoms with Crippen molar-refractivity contribution in [2.24, 2.45) is 0 Å². The van der Waals surface area contributed by atoms with Crippen molar-refractivity contribution in [3.63, 3.8) is 0 Å². The molecule has 0 bridgehead atoms. The van der Waals surface area contributed by atoms with Crippen LogP contribution >= 0.6 is 0 Å². The van der Waals surface area contributed by atoms with Crippen molar-refractivity contribution in [2.45, 2.75) is 0 Å². The molecule has 0 unspecified atom stereocenters. The third-order valence-corrected chi connectivity index (χ3v) is 6.44. The Labute approximate surface area is 189 Å². The van der Waals surface area contributed by atoms with Crippen molar-refractivity contribution < 1.29 is 5.11 Å². The summed E-state index contributed by atoms with van der Waals surface area (Å²) in [6, 6.07) is 34.9. The van der Waals surface area contributed by atoms with Gasteiger partial charge >= 0.3 is 0 Å². The van der Waals surface area contributed by atoms with Gasteiger partial charge in [0.25, 0.3) is 0 Å². The molecule has 0 amide bonds. The molecular formula is C29H19N3O. The van der Waals surface area contributed by atoms with E-state index in [2.05, 4.69) is 74.8 Å². The summed E-state index contributed by atoms with van der Waals surface area (Å²) in [7, 11) is 0. The Bertz CT molecular complexity index is 1810. The Morgan fingerprint density at radius 1 is 0.545 bits per heavy atom. The third kappa shape index (κ3) is 2.49. The van der Waals surface area contributed by atoms with E-state index in [9.17, 15) is 5.11 Å². The van der Waals surface area contributed by atoms with Crippen molar-refractivity contribution in [1.29, 1.82) is 0 Å². The first kappa shape index (κ1) is 18.0. The van der Waals surface area contributed by atoms with Crippen LogP contribution < -0.4 is 0 Å². The topological polar surface area (TPSA) is 43.0 Å². The molecule has 0 fully saturated rings. The van der Waals surface area contributed by atoms with E-state index in [0.717, 1.165) is 33.4 Å². The van der Waals surface area contributed by atoms with Crippen molar-refractivity contribution in [1.82, 2.24) is 14.1 Å². The van der Waals surface area contributed by atoms with Crippen LogP contribution in [0.3, 0.4) is 0 Å². The summed E-state index contributed by atoms with van der Waals surface area (Å²) in [4.78, 5) is 4.62. The first-order valence-electron chi connectivity index (χ1n) is 11.0. The van der Waals surface area contributed by atoms with Crippen molar-refractivity contribution in [3.8, 4) is 17.3 Å². The molecule has 3 aromatic heterocycles. The fraction of sp³-hybridized carbons (Fsp3) is 0. The highest BCUT2D eigenvalue weighted by atomic mass is 16.3. The van der Waals surface area contributed by atoms with Gasteiger partial charge in [0, 0.05) is 39.5 Å². The fourth-order valence-electron chi connectivity index (χ4n) is 5.14. The van der Waals surface area contributed by atoms with Crippen LogP contribution in [0, 0.1) is 0 Å². The second kappa shape index (κ2) is 6.71. The van der Waals surface area contributed by atoms with E-state index >= 15 is 0 Å². The molecule has 0 aliphatic carbocycles. The van der Waals surface area contributed by atoms with Gasteiger partial charge in [0.2, 0.25) is 0 Å². The van der Waals surface area contributed by atoms with Gasteiger partial charge in [-0.15, -0.1) is 0 Å².